The number of hydrogen-bond acceptors (Lipinski definition) is 2. The second-order valence-electron chi connectivity index (χ2n) is 7.59. The van der Waals surface area contributed by atoms with Crippen LogP contribution >= 0.6 is 0 Å². The molecular formula is C23H23F2N3O. The number of hydrogen-bond donors (Lipinski definition) is 1. The van der Waals surface area contributed by atoms with E-state index < -0.39 is 11.6 Å². The van der Waals surface area contributed by atoms with E-state index in [0.717, 1.165) is 42.6 Å². The highest BCUT2D eigenvalue weighted by Crippen LogP contribution is 2.24. The summed E-state index contributed by atoms with van der Waals surface area (Å²) >= 11 is 0. The largest absolute Gasteiger partial charge is 0.338 e. The number of nitrogens with zero attached hydrogens (tertiary/aromatic N) is 2. The predicted molar refractivity (Wildman–Crippen MR) is 107 cm³/mol. The van der Waals surface area contributed by atoms with E-state index in [2.05, 4.69) is 10.2 Å². The van der Waals surface area contributed by atoms with Gasteiger partial charge < -0.3 is 4.90 Å². The number of halogens is 2. The Morgan fingerprint density at radius 1 is 1.10 bits per heavy atom. The van der Waals surface area contributed by atoms with Gasteiger partial charge in [-0.25, -0.2) is 8.78 Å². The monoisotopic (exact) mass is 395 g/mol. The molecule has 1 aromatic heterocycles. The zero-order valence-electron chi connectivity index (χ0n) is 16.1. The fourth-order valence-corrected chi connectivity index (χ4v) is 3.94. The van der Waals surface area contributed by atoms with Crippen LogP contribution in [-0.2, 0) is 6.42 Å². The first-order chi connectivity index (χ1) is 14.1. The highest BCUT2D eigenvalue weighted by molar-refractivity contribution is 5.94. The summed E-state index contributed by atoms with van der Waals surface area (Å²) in [5.41, 5.74) is 3.37. The molecule has 4 rings (SSSR count). The molecule has 0 saturated carbocycles. The van der Waals surface area contributed by atoms with Crippen LogP contribution in [0.1, 0.15) is 35.2 Å². The Balaban J connectivity index is 1.36. The number of aromatic nitrogens is 2. The van der Waals surface area contributed by atoms with Crippen molar-refractivity contribution in [3.63, 3.8) is 0 Å². The first kappa shape index (κ1) is 19.3. The van der Waals surface area contributed by atoms with Crippen LogP contribution in [0.25, 0.3) is 11.3 Å². The van der Waals surface area contributed by atoms with Crippen molar-refractivity contribution >= 4 is 5.91 Å². The van der Waals surface area contributed by atoms with Crippen molar-refractivity contribution in [3.05, 3.63) is 77.5 Å². The van der Waals surface area contributed by atoms with Crippen LogP contribution in [0.4, 0.5) is 8.78 Å². The van der Waals surface area contributed by atoms with Crippen LogP contribution in [0.15, 0.2) is 54.7 Å². The SMILES string of the molecule is O=C(c1ccc(-c2ccn[nH]2)cc1)N1CCCC(CCc2ccc(F)c(F)c2)C1. The van der Waals surface area contributed by atoms with Crippen molar-refractivity contribution in [1.82, 2.24) is 15.1 Å². The molecule has 1 aliphatic heterocycles. The summed E-state index contributed by atoms with van der Waals surface area (Å²) in [6.45, 7) is 1.45. The highest BCUT2D eigenvalue weighted by Gasteiger charge is 2.24. The van der Waals surface area contributed by atoms with Gasteiger partial charge in [0.1, 0.15) is 0 Å². The average molecular weight is 395 g/mol. The molecule has 2 aromatic carbocycles. The lowest BCUT2D eigenvalue weighted by Gasteiger charge is -2.33. The number of aryl methyl sites for hydroxylation is 1. The quantitative estimate of drug-likeness (QED) is 0.672. The zero-order valence-corrected chi connectivity index (χ0v) is 16.1. The maximum absolute atomic E-state index is 13.4. The van der Waals surface area contributed by atoms with Gasteiger partial charge in [-0.1, -0.05) is 18.2 Å². The summed E-state index contributed by atoms with van der Waals surface area (Å²) in [7, 11) is 0. The molecule has 1 unspecified atom stereocenters. The molecule has 150 valence electrons. The minimum atomic E-state index is -0.818. The smallest absolute Gasteiger partial charge is 0.253 e. The van der Waals surface area contributed by atoms with Gasteiger partial charge in [-0.05, 0) is 73.1 Å². The normalized spacial score (nSPS) is 16.8. The van der Waals surface area contributed by atoms with Crippen LogP contribution in [0.2, 0.25) is 0 Å². The van der Waals surface area contributed by atoms with Gasteiger partial charge in [-0.2, -0.15) is 5.10 Å². The Labute approximate surface area is 168 Å². The molecule has 29 heavy (non-hydrogen) atoms. The minimum absolute atomic E-state index is 0.0405. The second kappa shape index (κ2) is 8.55. The second-order valence-corrected chi connectivity index (χ2v) is 7.59. The lowest BCUT2D eigenvalue weighted by molar-refractivity contribution is 0.0668. The Morgan fingerprint density at radius 3 is 2.66 bits per heavy atom. The lowest BCUT2D eigenvalue weighted by Crippen LogP contribution is -2.40. The summed E-state index contributed by atoms with van der Waals surface area (Å²) in [5.74, 6) is -1.22. The molecule has 1 fully saturated rings. The van der Waals surface area contributed by atoms with E-state index in [1.54, 1.807) is 12.3 Å². The van der Waals surface area contributed by atoms with Crippen LogP contribution in [0.3, 0.4) is 0 Å². The van der Waals surface area contributed by atoms with Crippen LogP contribution in [0, 0.1) is 17.6 Å². The number of rotatable bonds is 5. The van der Waals surface area contributed by atoms with E-state index in [-0.39, 0.29) is 5.91 Å². The number of aromatic amines is 1. The lowest BCUT2D eigenvalue weighted by atomic mass is 9.91. The number of carbonyl (C=O) groups excluding carboxylic acids is 1. The van der Waals surface area contributed by atoms with Crippen molar-refractivity contribution in [2.45, 2.75) is 25.7 Å². The standard InChI is InChI=1S/C23H23F2N3O/c24-20-10-5-16(14-21(20)25)3-4-17-2-1-13-28(15-17)23(29)19-8-6-18(7-9-19)22-11-12-26-27-22/h5-12,14,17H,1-4,13,15H2,(H,26,27). The average Bonchev–Trinajstić information content (AvgIpc) is 3.29. The predicted octanol–water partition coefficient (Wildman–Crippen LogP) is 4.84. The number of nitrogens with one attached hydrogen (secondary N) is 1. The van der Waals surface area contributed by atoms with E-state index in [4.69, 9.17) is 0 Å². The maximum atomic E-state index is 13.4. The third-order valence-corrected chi connectivity index (χ3v) is 5.58. The van der Waals surface area contributed by atoms with Gasteiger partial charge in [0.15, 0.2) is 11.6 Å². The minimum Gasteiger partial charge on any atom is -0.338 e. The Kier molecular flexibility index (Phi) is 5.69. The molecule has 3 aromatic rings. The van der Waals surface area contributed by atoms with Gasteiger partial charge in [0.25, 0.3) is 5.91 Å². The van der Waals surface area contributed by atoms with Gasteiger partial charge in [0.05, 0.1) is 5.69 Å². The molecule has 1 saturated heterocycles. The van der Waals surface area contributed by atoms with E-state index >= 15 is 0 Å². The van der Waals surface area contributed by atoms with Crippen molar-refractivity contribution in [2.75, 3.05) is 13.1 Å². The van der Waals surface area contributed by atoms with E-state index in [0.29, 0.717) is 24.4 Å². The molecule has 0 radical (unpaired) electrons. The maximum Gasteiger partial charge on any atom is 0.253 e. The fraction of sp³-hybridized carbons (Fsp3) is 0.304. The topological polar surface area (TPSA) is 49.0 Å². The third-order valence-electron chi connectivity index (χ3n) is 5.58. The summed E-state index contributed by atoms with van der Waals surface area (Å²) < 4.78 is 26.5. The Morgan fingerprint density at radius 2 is 1.93 bits per heavy atom. The Hall–Kier alpha value is -3.02. The molecule has 0 bridgehead atoms. The van der Waals surface area contributed by atoms with Crippen LogP contribution in [0.5, 0.6) is 0 Å². The molecule has 4 nitrogen and oxygen atoms in total. The van der Waals surface area contributed by atoms with Gasteiger partial charge in [-0.3, -0.25) is 9.89 Å². The van der Waals surface area contributed by atoms with Gasteiger partial charge in [0, 0.05) is 24.8 Å². The van der Waals surface area contributed by atoms with Gasteiger partial charge in [-0.15, -0.1) is 0 Å². The fourth-order valence-electron chi connectivity index (χ4n) is 3.94. The molecule has 0 spiro atoms. The van der Waals surface area contributed by atoms with Crippen molar-refractivity contribution < 1.29 is 13.6 Å². The highest BCUT2D eigenvalue weighted by atomic mass is 19.2. The van der Waals surface area contributed by atoms with Gasteiger partial charge in [0.2, 0.25) is 0 Å². The molecule has 1 atom stereocenters. The molecule has 1 aliphatic rings. The summed E-state index contributed by atoms with van der Waals surface area (Å²) in [6.07, 6.45) is 5.24. The summed E-state index contributed by atoms with van der Waals surface area (Å²) in [5, 5.41) is 6.86. The molecule has 1 N–H and O–H groups in total. The van der Waals surface area contributed by atoms with Crippen molar-refractivity contribution in [1.29, 1.82) is 0 Å². The molecular weight excluding hydrogens is 372 g/mol. The van der Waals surface area contributed by atoms with Crippen LogP contribution < -0.4 is 0 Å². The number of piperidine rings is 1. The van der Waals surface area contributed by atoms with Crippen molar-refractivity contribution in [2.24, 2.45) is 5.92 Å². The van der Waals surface area contributed by atoms with E-state index in [1.807, 2.05) is 35.2 Å². The summed E-state index contributed by atoms with van der Waals surface area (Å²) in [6, 6.07) is 13.5. The number of likely N-dealkylation sites (tertiary alicyclic amines) is 1. The Bertz CT molecular complexity index is 970. The van der Waals surface area contributed by atoms with E-state index in [9.17, 15) is 13.6 Å². The molecule has 0 aliphatic carbocycles. The number of benzene rings is 2. The number of carbonyl (C=O) groups is 1. The summed E-state index contributed by atoms with van der Waals surface area (Å²) in [4.78, 5) is 14.8. The molecule has 2 heterocycles. The van der Waals surface area contributed by atoms with Gasteiger partial charge >= 0.3 is 0 Å². The van der Waals surface area contributed by atoms with E-state index in [1.165, 1.54) is 12.1 Å². The molecule has 1 amide bonds. The number of amides is 1. The molecule has 6 heteroatoms. The zero-order chi connectivity index (χ0) is 20.2. The first-order valence-corrected chi connectivity index (χ1v) is 9.93. The number of H-pyrrole nitrogens is 1. The van der Waals surface area contributed by atoms with Crippen molar-refractivity contribution in [3.8, 4) is 11.3 Å². The van der Waals surface area contributed by atoms with Crippen LogP contribution in [-0.4, -0.2) is 34.1 Å². The first-order valence-electron chi connectivity index (χ1n) is 9.93. The third kappa shape index (κ3) is 4.53.